The van der Waals surface area contributed by atoms with Crippen LogP contribution in [0.3, 0.4) is 0 Å². The van der Waals surface area contributed by atoms with Gasteiger partial charge in [-0.25, -0.2) is 8.42 Å². The molecule has 0 amide bonds. The highest BCUT2D eigenvalue weighted by Crippen LogP contribution is 2.32. The van der Waals surface area contributed by atoms with Gasteiger partial charge in [-0.15, -0.1) is 0 Å². The maximum absolute atomic E-state index is 12.6. The highest BCUT2D eigenvalue weighted by Gasteiger charge is 2.36. The smallest absolute Gasteiger partial charge is 0.244 e. The van der Waals surface area contributed by atoms with Gasteiger partial charge >= 0.3 is 0 Å². The van der Waals surface area contributed by atoms with Crippen LogP contribution in [0.25, 0.3) is 0 Å². The summed E-state index contributed by atoms with van der Waals surface area (Å²) in [6, 6.07) is 2.57. The van der Waals surface area contributed by atoms with Crippen LogP contribution in [0.1, 0.15) is 18.4 Å². The quantitative estimate of drug-likeness (QED) is 0.826. The molecular formula is C12H17ClN2O3S. The number of sulfonamides is 1. The number of aliphatic hydroxyl groups is 1. The first-order chi connectivity index (χ1) is 8.87. The van der Waals surface area contributed by atoms with E-state index < -0.39 is 10.0 Å². The molecule has 1 aromatic rings. The van der Waals surface area contributed by atoms with Gasteiger partial charge in [-0.3, -0.25) is 0 Å². The number of benzene rings is 1. The Labute approximate surface area is 118 Å². The Hall–Kier alpha value is -0.820. The summed E-state index contributed by atoms with van der Waals surface area (Å²) in [6.45, 7) is 1.99. The van der Waals surface area contributed by atoms with E-state index in [9.17, 15) is 13.5 Å². The average molecular weight is 305 g/mol. The SMILES string of the molecule is Cc1cc(Cl)c(S(=O)(=O)N2CCC[C@H]2CO)cc1N. The maximum atomic E-state index is 12.6. The predicted octanol–water partition coefficient (Wildman–Crippen LogP) is 1.38. The fraction of sp³-hybridized carbons (Fsp3) is 0.500. The molecule has 3 N–H and O–H groups in total. The van der Waals surface area contributed by atoms with Crippen molar-refractivity contribution < 1.29 is 13.5 Å². The largest absolute Gasteiger partial charge is 0.398 e. The second kappa shape index (κ2) is 5.28. The fourth-order valence-electron chi connectivity index (χ4n) is 2.30. The van der Waals surface area contributed by atoms with Crippen LogP contribution in [-0.4, -0.2) is 37.0 Å². The Morgan fingerprint density at radius 2 is 2.21 bits per heavy atom. The van der Waals surface area contributed by atoms with Crippen molar-refractivity contribution in [2.24, 2.45) is 0 Å². The van der Waals surface area contributed by atoms with E-state index in [-0.39, 0.29) is 22.6 Å². The highest BCUT2D eigenvalue weighted by molar-refractivity contribution is 7.89. The third-order valence-electron chi connectivity index (χ3n) is 3.44. The first kappa shape index (κ1) is 14.6. The second-order valence-corrected chi connectivity index (χ2v) is 7.00. The number of nitrogens with zero attached hydrogens (tertiary/aromatic N) is 1. The average Bonchev–Trinajstić information content (AvgIpc) is 2.82. The van der Waals surface area contributed by atoms with Gasteiger partial charge in [-0.1, -0.05) is 11.6 Å². The molecule has 0 unspecified atom stereocenters. The fourth-order valence-corrected chi connectivity index (χ4v) is 4.58. The van der Waals surface area contributed by atoms with Crippen LogP contribution in [0, 0.1) is 6.92 Å². The summed E-state index contributed by atoms with van der Waals surface area (Å²) >= 11 is 6.03. The Kier molecular flexibility index (Phi) is 4.06. The number of hydrogen-bond donors (Lipinski definition) is 2. The van der Waals surface area contributed by atoms with Gasteiger partial charge in [0.2, 0.25) is 10.0 Å². The van der Waals surface area contributed by atoms with E-state index in [1.807, 2.05) is 0 Å². The van der Waals surface area contributed by atoms with Crippen molar-refractivity contribution in [3.63, 3.8) is 0 Å². The molecule has 0 aliphatic carbocycles. The highest BCUT2D eigenvalue weighted by atomic mass is 35.5. The Morgan fingerprint density at radius 1 is 1.53 bits per heavy atom. The summed E-state index contributed by atoms with van der Waals surface area (Å²) in [5.41, 5.74) is 6.89. The van der Waals surface area contributed by atoms with Gasteiger partial charge in [-0.2, -0.15) is 4.31 Å². The van der Waals surface area contributed by atoms with Crippen molar-refractivity contribution in [2.75, 3.05) is 18.9 Å². The van der Waals surface area contributed by atoms with Crippen LogP contribution in [-0.2, 0) is 10.0 Å². The number of hydrogen-bond acceptors (Lipinski definition) is 4. The monoisotopic (exact) mass is 304 g/mol. The molecule has 1 aromatic carbocycles. The van der Waals surface area contributed by atoms with Crippen LogP contribution < -0.4 is 5.73 Å². The van der Waals surface area contributed by atoms with Crippen molar-refractivity contribution in [2.45, 2.75) is 30.7 Å². The van der Waals surface area contributed by atoms with Crippen LogP contribution in [0.4, 0.5) is 5.69 Å². The zero-order chi connectivity index (χ0) is 14.2. The molecule has 1 atom stereocenters. The second-order valence-electron chi connectivity index (χ2n) is 4.73. The number of aliphatic hydroxyl groups excluding tert-OH is 1. The number of nitrogens with two attached hydrogens (primary N) is 1. The molecule has 106 valence electrons. The van der Waals surface area contributed by atoms with E-state index in [0.29, 0.717) is 18.7 Å². The van der Waals surface area contributed by atoms with Crippen molar-refractivity contribution in [1.82, 2.24) is 4.31 Å². The summed E-state index contributed by atoms with van der Waals surface area (Å²) in [7, 11) is -3.71. The lowest BCUT2D eigenvalue weighted by molar-refractivity contribution is 0.213. The van der Waals surface area contributed by atoms with Crippen LogP contribution in [0.5, 0.6) is 0 Å². The Balaban J connectivity index is 2.48. The van der Waals surface area contributed by atoms with Crippen molar-refractivity contribution >= 4 is 27.3 Å². The molecule has 1 aliphatic rings. The molecule has 1 aliphatic heterocycles. The van der Waals surface area contributed by atoms with Gasteiger partial charge < -0.3 is 10.8 Å². The molecule has 1 heterocycles. The summed E-state index contributed by atoms with van der Waals surface area (Å²) in [6.07, 6.45) is 1.40. The number of rotatable bonds is 3. The minimum absolute atomic E-state index is 0.0117. The summed E-state index contributed by atoms with van der Waals surface area (Å²) in [5, 5.41) is 9.41. The molecule has 0 aromatic heterocycles. The molecule has 1 fully saturated rings. The molecule has 0 radical (unpaired) electrons. The minimum atomic E-state index is -3.71. The summed E-state index contributed by atoms with van der Waals surface area (Å²) in [5.74, 6) is 0. The van der Waals surface area contributed by atoms with Gasteiger partial charge in [0, 0.05) is 18.3 Å². The topological polar surface area (TPSA) is 83.6 Å². The molecule has 7 heteroatoms. The van der Waals surface area contributed by atoms with Gasteiger partial charge in [0.05, 0.1) is 11.6 Å². The maximum Gasteiger partial charge on any atom is 0.244 e. The van der Waals surface area contributed by atoms with Crippen molar-refractivity contribution in [1.29, 1.82) is 0 Å². The van der Waals surface area contributed by atoms with Crippen molar-refractivity contribution in [3.8, 4) is 0 Å². The number of aryl methyl sites for hydroxylation is 1. The van der Waals surface area contributed by atoms with E-state index in [4.69, 9.17) is 17.3 Å². The first-order valence-corrected chi connectivity index (χ1v) is 7.88. The van der Waals surface area contributed by atoms with Gasteiger partial charge in [0.1, 0.15) is 4.90 Å². The van der Waals surface area contributed by atoms with E-state index in [1.54, 1.807) is 13.0 Å². The lowest BCUT2D eigenvalue weighted by Gasteiger charge is -2.23. The molecule has 5 nitrogen and oxygen atoms in total. The number of nitrogen functional groups attached to an aromatic ring is 1. The molecule has 19 heavy (non-hydrogen) atoms. The predicted molar refractivity (Wildman–Crippen MR) is 74.6 cm³/mol. The number of anilines is 1. The summed E-state index contributed by atoms with van der Waals surface area (Å²) in [4.78, 5) is 0.0117. The van der Waals surface area contributed by atoms with Gasteiger partial charge in [-0.05, 0) is 37.5 Å². The lowest BCUT2D eigenvalue weighted by atomic mass is 10.2. The Morgan fingerprint density at radius 3 is 2.84 bits per heavy atom. The van der Waals surface area contributed by atoms with Gasteiger partial charge in [0.15, 0.2) is 0 Å². The molecular weight excluding hydrogens is 288 g/mol. The van der Waals surface area contributed by atoms with E-state index in [0.717, 1.165) is 12.0 Å². The van der Waals surface area contributed by atoms with E-state index in [2.05, 4.69) is 0 Å². The first-order valence-electron chi connectivity index (χ1n) is 6.06. The van der Waals surface area contributed by atoms with Crippen LogP contribution in [0.15, 0.2) is 17.0 Å². The third kappa shape index (κ3) is 2.58. The minimum Gasteiger partial charge on any atom is -0.398 e. The molecule has 0 spiro atoms. The molecule has 0 bridgehead atoms. The Bertz CT molecular complexity index is 589. The van der Waals surface area contributed by atoms with Crippen LogP contribution in [0.2, 0.25) is 5.02 Å². The van der Waals surface area contributed by atoms with Gasteiger partial charge in [0.25, 0.3) is 0 Å². The summed E-state index contributed by atoms with van der Waals surface area (Å²) < 4.78 is 26.4. The van der Waals surface area contributed by atoms with E-state index in [1.165, 1.54) is 10.4 Å². The lowest BCUT2D eigenvalue weighted by Crippen LogP contribution is -2.37. The molecule has 0 saturated carbocycles. The zero-order valence-electron chi connectivity index (χ0n) is 10.6. The third-order valence-corrected chi connectivity index (χ3v) is 5.86. The molecule has 2 rings (SSSR count). The normalized spacial score (nSPS) is 20.9. The number of halogens is 1. The standard InChI is InChI=1S/C12H17ClN2O3S/c1-8-5-10(13)12(6-11(8)14)19(17,18)15-4-2-3-9(15)7-16/h5-6,9,16H,2-4,7,14H2,1H3/t9-/m0/s1. The van der Waals surface area contributed by atoms with Crippen molar-refractivity contribution in [3.05, 3.63) is 22.7 Å². The molecule has 1 saturated heterocycles. The van der Waals surface area contributed by atoms with E-state index >= 15 is 0 Å². The van der Waals surface area contributed by atoms with Crippen LogP contribution >= 0.6 is 11.6 Å². The zero-order valence-corrected chi connectivity index (χ0v) is 12.2.